The van der Waals surface area contributed by atoms with Crippen molar-refractivity contribution in [3.63, 3.8) is 0 Å². The lowest BCUT2D eigenvalue weighted by molar-refractivity contribution is -0.140. The summed E-state index contributed by atoms with van der Waals surface area (Å²) >= 11 is 0. The highest BCUT2D eigenvalue weighted by atomic mass is 19.1. The minimum atomic E-state index is -0.202. The van der Waals surface area contributed by atoms with E-state index in [2.05, 4.69) is 24.8 Å². The molecule has 1 heterocycles. The van der Waals surface area contributed by atoms with Crippen LogP contribution in [-0.2, 0) is 9.53 Å². The van der Waals surface area contributed by atoms with Gasteiger partial charge in [0.25, 0.3) is 0 Å². The van der Waals surface area contributed by atoms with E-state index in [1.807, 2.05) is 19.2 Å². The number of nitrogens with zero attached hydrogens (tertiary/aromatic N) is 3. The Bertz CT molecular complexity index is 599. The van der Waals surface area contributed by atoms with Gasteiger partial charge in [0.2, 0.25) is 0 Å². The molecule has 1 aromatic carbocycles. The van der Waals surface area contributed by atoms with Gasteiger partial charge in [0.15, 0.2) is 5.96 Å². The summed E-state index contributed by atoms with van der Waals surface area (Å²) in [6.07, 6.45) is 4.55. The van der Waals surface area contributed by atoms with Crippen molar-refractivity contribution >= 4 is 17.6 Å². The number of nitrogens with one attached hydrogen (secondary N) is 1. The average molecular weight is 378 g/mol. The van der Waals surface area contributed by atoms with Crippen molar-refractivity contribution < 1.29 is 13.9 Å². The van der Waals surface area contributed by atoms with Crippen LogP contribution < -0.4 is 10.2 Å². The molecule has 0 unspecified atom stereocenters. The van der Waals surface area contributed by atoms with Gasteiger partial charge in [-0.15, -0.1) is 0 Å². The van der Waals surface area contributed by atoms with E-state index in [1.165, 1.54) is 19.2 Å². The second kappa shape index (κ2) is 11.4. The molecular formula is C20H31FN4O2. The van der Waals surface area contributed by atoms with Crippen LogP contribution in [0.2, 0.25) is 0 Å². The summed E-state index contributed by atoms with van der Waals surface area (Å²) in [4.78, 5) is 20.0. The topological polar surface area (TPSA) is 57.2 Å². The van der Waals surface area contributed by atoms with Crippen molar-refractivity contribution in [1.29, 1.82) is 0 Å². The largest absolute Gasteiger partial charge is 0.469 e. The summed E-state index contributed by atoms with van der Waals surface area (Å²) in [6, 6.07) is 6.68. The van der Waals surface area contributed by atoms with Crippen molar-refractivity contribution in [2.24, 2.45) is 4.99 Å². The van der Waals surface area contributed by atoms with Gasteiger partial charge in [-0.25, -0.2) is 4.39 Å². The number of methoxy groups -OCH3 is 1. The van der Waals surface area contributed by atoms with Gasteiger partial charge in [-0.2, -0.15) is 0 Å². The lowest BCUT2D eigenvalue weighted by Gasteiger charge is -2.37. The molecule has 0 spiro atoms. The zero-order valence-electron chi connectivity index (χ0n) is 16.4. The minimum Gasteiger partial charge on any atom is -0.469 e. The van der Waals surface area contributed by atoms with E-state index < -0.39 is 0 Å². The Morgan fingerprint density at radius 1 is 1.11 bits per heavy atom. The number of piperazine rings is 1. The molecule has 0 aromatic heterocycles. The molecule has 6 nitrogen and oxygen atoms in total. The monoisotopic (exact) mass is 378 g/mol. The van der Waals surface area contributed by atoms with Gasteiger partial charge in [0.1, 0.15) is 5.82 Å². The molecular weight excluding hydrogens is 347 g/mol. The first kappa shape index (κ1) is 21.0. The number of esters is 1. The normalized spacial score (nSPS) is 15.0. The first-order chi connectivity index (χ1) is 13.1. The maximum Gasteiger partial charge on any atom is 0.305 e. The summed E-state index contributed by atoms with van der Waals surface area (Å²) < 4.78 is 17.7. The number of rotatable bonds is 8. The fourth-order valence-electron chi connectivity index (χ4n) is 3.21. The summed E-state index contributed by atoms with van der Waals surface area (Å²) in [5, 5.41) is 3.43. The van der Waals surface area contributed by atoms with E-state index in [9.17, 15) is 9.18 Å². The molecule has 0 aliphatic carbocycles. The highest BCUT2D eigenvalue weighted by Gasteiger charge is 2.19. The van der Waals surface area contributed by atoms with E-state index >= 15 is 0 Å². The third kappa shape index (κ3) is 7.07. The number of hydrogen-bond acceptors (Lipinski definition) is 4. The second-order valence-electron chi connectivity index (χ2n) is 6.66. The highest BCUT2D eigenvalue weighted by Crippen LogP contribution is 2.17. The lowest BCUT2D eigenvalue weighted by Crippen LogP contribution is -2.52. The van der Waals surface area contributed by atoms with Crippen LogP contribution >= 0.6 is 0 Å². The van der Waals surface area contributed by atoms with Crippen molar-refractivity contribution in [1.82, 2.24) is 10.2 Å². The van der Waals surface area contributed by atoms with E-state index in [0.717, 1.165) is 70.1 Å². The maximum absolute atomic E-state index is 13.1. The first-order valence-corrected chi connectivity index (χ1v) is 9.67. The number of guanidine groups is 1. The molecule has 2 rings (SSSR count). The standard InChI is InChI=1S/C20H31FN4O2/c1-22-20(23-12-6-4-3-5-7-19(26)27-2)25-15-13-24(14-16-25)18-10-8-17(21)9-11-18/h8-11H,3-7,12-16H2,1-2H3,(H,22,23). The molecule has 0 amide bonds. The smallest absolute Gasteiger partial charge is 0.305 e. The van der Waals surface area contributed by atoms with E-state index in [-0.39, 0.29) is 11.8 Å². The quantitative estimate of drug-likeness (QED) is 0.326. The van der Waals surface area contributed by atoms with Gasteiger partial charge >= 0.3 is 5.97 Å². The summed E-state index contributed by atoms with van der Waals surface area (Å²) in [6.45, 7) is 4.43. The van der Waals surface area contributed by atoms with Gasteiger partial charge in [0, 0.05) is 51.9 Å². The number of carbonyl (C=O) groups is 1. The highest BCUT2D eigenvalue weighted by molar-refractivity contribution is 5.80. The summed E-state index contributed by atoms with van der Waals surface area (Å²) in [5.41, 5.74) is 1.06. The van der Waals surface area contributed by atoms with Gasteiger partial charge in [-0.3, -0.25) is 9.79 Å². The second-order valence-corrected chi connectivity index (χ2v) is 6.66. The number of aliphatic imine (C=N–C) groups is 1. The average Bonchev–Trinajstić information content (AvgIpc) is 2.70. The molecule has 1 N–H and O–H groups in total. The number of hydrogen-bond donors (Lipinski definition) is 1. The van der Waals surface area contributed by atoms with Crippen LogP contribution in [-0.4, -0.2) is 63.7 Å². The number of unbranched alkanes of at least 4 members (excludes halogenated alkanes) is 3. The molecule has 150 valence electrons. The third-order valence-corrected chi connectivity index (χ3v) is 4.80. The number of ether oxygens (including phenoxy) is 1. The SMILES string of the molecule is CN=C(NCCCCCCC(=O)OC)N1CCN(c2ccc(F)cc2)CC1. The molecule has 0 radical (unpaired) electrons. The maximum atomic E-state index is 13.1. The molecule has 0 bridgehead atoms. The van der Waals surface area contributed by atoms with Crippen molar-refractivity contribution in [2.45, 2.75) is 32.1 Å². The zero-order valence-corrected chi connectivity index (χ0v) is 16.4. The van der Waals surface area contributed by atoms with Crippen LogP contribution in [0.4, 0.5) is 10.1 Å². The Hall–Kier alpha value is -2.31. The Labute approximate surface area is 161 Å². The number of anilines is 1. The van der Waals surface area contributed by atoms with Crippen LogP contribution in [0.15, 0.2) is 29.3 Å². The van der Waals surface area contributed by atoms with Crippen LogP contribution in [0.1, 0.15) is 32.1 Å². The molecule has 27 heavy (non-hydrogen) atoms. The van der Waals surface area contributed by atoms with E-state index in [4.69, 9.17) is 0 Å². The number of carbonyl (C=O) groups excluding carboxylic acids is 1. The minimum absolute atomic E-state index is 0.131. The van der Waals surface area contributed by atoms with Crippen molar-refractivity contribution in [2.75, 3.05) is 51.8 Å². The molecule has 0 saturated carbocycles. The molecule has 1 aromatic rings. The third-order valence-electron chi connectivity index (χ3n) is 4.80. The molecule has 1 fully saturated rings. The number of halogens is 1. The Morgan fingerprint density at radius 2 is 1.78 bits per heavy atom. The van der Waals surface area contributed by atoms with Gasteiger partial charge in [-0.05, 0) is 37.1 Å². The molecule has 0 atom stereocenters. The predicted molar refractivity (Wildman–Crippen MR) is 107 cm³/mol. The Kier molecular flexibility index (Phi) is 8.87. The lowest BCUT2D eigenvalue weighted by atomic mass is 10.1. The first-order valence-electron chi connectivity index (χ1n) is 9.67. The zero-order chi connectivity index (χ0) is 19.5. The Morgan fingerprint density at radius 3 is 2.41 bits per heavy atom. The van der Waals surface area contributed by atoms with E-state index in [1.54, 1.807) is 0 Å². The van der Waals surface area contributed by atoms with Crippen LogP contribution in [0.5, 0.6) is 0 Å². The van der Waals surface area contributed by atoms with Crippen LogP contribution in [0.3, 0.4) is 0 Å². The van der Waals surface area contributed by atoms with Crippen LogP contribution in [0.25, 0.3) is 0 Å². The van der Waals surface area contributed by atoms with Gasteiger partial charge in [-0.1, -0.05) is 12.8 Å². The number of benzene rings is 1. The molecule has 1 aliphatic rings. The van der Waals surface area contributed by atoms with Crippen LogP contribution in [0, 0.1) is 5.82 Å². The Balaban J connectivity index is 1.64. The van der Waals surface area contributed by atoms with Crippen molar-refractivity contribution in [3.8, 4) is 0 Å². The predicted octanol–water partition coefficient (Wildman–Crippen LogP) is 2.65. The molecule has 1 aliphatic heterocycles. The van der Waals surface area contributed by atoms with Crippen molar-refractivity contribution in [3.05, 3.63) is 30.1 Å². The summed E-state index contributed by atoms with van der Waals surface area (Å²) in [5.74, 6) is 0.601. The summed E-state index contributed by atoms with van der Waals surface area (Å²) in [7, 11) is 3.24. The molecule has 1 saturated heterocycles. The van der Waals surface area contributed by atoms with E-state index in [0.29, 0.717) is 6.42 Å². The fraction of sp³-hybridized carbons (Fsp3) is 0.600. The van der Waals surface area contributed by atoms with Gasteiger partial charge in [0.05, 0.1) is 7.11 Å². The fourth-order valence-corrected chi connectivity index (χ4v) is 3.21. The molecule has 7 heteroatoms. The van der Waals surface area contributed by atoms with Gasteiger partial charge < -0.3 is 19.9 Å².